The number of benzene rings is 1. The van der Waals surface area contributed by atoms with Gasteiger partial charge in [0.25, 0.3) is 0 Å². The Morgan fingerprint density at radius 3 is 2.37 bits per heavy atom. The second-order valence-electron chi connectivity index (χ2n) is 4.98. The average Bonchev–Trinajstić information content (AvgIpc) is 3.10. The van der Waals surface area contributed by atoms with Gasteiger partial charge in [-0.2, -0.15) is 0 Å². The summed E-state index contributed by atoms with van der Waals surface area (Å²) in [6.07, 6.45) is 3.34. The molecule has 1 aliphatic carbocycles. The number of carboxylic acids is 1. The molecule has 1 aromatic rings. The minimum absolute atomic E-state index is 0.0818. The van der Waals surface area contributed by atoms with Crippen molar-refractivity contribution in [2.45, 2.75) is 30.2 Å². The quantitative estimate of drug-likeness (QED) is 0.831. The number of aliphatic carboxylic acids is 1. The minimum atomic E-state index is -3.19. The molecule has 1 saturated carbocycles. The third kappa shape index (κ3) is 3.96. The molecule has 2 N–H and O–H groups in total. The molecule has 0 spiro atoms. The summed E-state index contributed by atoms with van der Waals surface area (Å²) >= 11 is 0. The van der Waals surface area contributed by atoms with Gasteiger partial charge in [-0.1, -0.05) is 0 Å². The summed E-state index contributed by atoms with van der Waals surface area (Å²) in [6.45, 7) is 0. The first-order valence-corrected chi connectivity index (χ1v) is 8.04. The fraction of sp³-hybridized carbons (Fsp3) is 0.462. The molecule has 1 aliphatic rings. The number of sulfone groups is 1. The van der Waals surface area contributed by atoms with Crippen molar-refractivity contribution in [3.05, 3.63) is 24.3 Å². The van der Waals surface area contributed by atoms with E-state index in [0.717, 1.165) is 24.8 Å². The highest BCUT2D eigenvalue weighted by Crippen LogP contribution is 2.35. The highest BCUT2D eigenvalue weighted by molar-refractivity contribution is 7.90. The molecule has 0 bridgehead atoms. The summed E-state index contributed by atoms with van der Waals surface area (Å²) in [7, 11) is -3.19. The Balaban J connectivity index is 2.07. The van der Waals surface area contributed by atoms with Crippen molar-refractivity contribution in [1.29, 1.82) is 0 Å². The summed E-state index contributed by atoms with van der Waals surface area (Å²) in [4.78, 5) is 11.1. The van der Waals surface area contributed by atoms with Crippen molar-refractivity contribution in [1.82, 2.24) is 0 Å². The highest BCUT2D eigenvalue weighted by Gasteiger charge is 2.32. The van der Waals surface area contributed by atoms with Crippen LogP contribution in [0, 0.1) is 5.92 Å². The Bertz CT molecular complexity index is 561. The van der Waals surface area contributed by atoms with E-state index in [1.54, 1.807) is 12.1 Å². The van der Waals surface area contributed by atoms with E-state index in [4.69, 9.17) is 5.11 Å². The molecule has 0 aromatic heterocycles. The van der Waals surface area contributed by atoms with Crippen molar-refractivity contribution in [3.63, 3.8) is 0 Å². The predicted molar refractivity (Wildman–Crippen MR) is 71.9 cm³/mol. The molecule has 5 nitrogen and oxygen atoms in total. The molecule has 0 saturated heterocycles. The van der Waals surface area contributed by atoms with E-state index in [2.05, 4.69) is 5.32 Å². The molecule has 19 heavy (non-hydrogen) atoms. The van der Waals surface area contributed by atoms with Crippen LogP contribution in [-0.2, 0) is 14.6 Å². The maximum Gasteiger partial charge on any atom is 0.305 e. The molecular formula is C13H17NO4S. The van der Waals surface area contributed by atoms with E-state index >= 15 is 0 Å². The first kappa shape index (κ1) is 13.9. The van der Waals surface area contributed by atoms with Crippen LogP contribution in [0.25, 0.3) is 0 Å². The van der Waals surface area contributed by atoms with Crippen LogP contribution in [-0.4, -0.2) is 31.8 Å². The molecule has 0 heterocycles. The zero-order chi connectivity index (χ0) is 14.0. The number of hydrogen-bond donors (Lipinski definition) is 2. The van der Waals surface area contributed by atoms with Crippen molar-refractivity contribution in [2.75, 3.05) is 11.6 Å². The lowest BCUT2D eigenvalue weighted by Crippen LogP contribution is -2.25. The monoisotopic (exact) mass is 283 g/mol. The molecule has 1 aromatic carbocycles. The van der Waals surface area contributed by atoms with Gasteiger partial charge < -0.3 is 10.4 Å². The fourth-order valence-corrected chi connectivity index (χ4v) is 2.67. The SMILES string of the molecule is CS(=O)(=O)c1ccc(NC(CC(=O)O)C2CC2)cc1. The third-order valence-corrected chi connectivity index (χ3v) is 4.35. The molecule has 0 radical (unpaired) electrons. The van der Waals surface area contributed by atoms with E-state index < -0.39 is 15.8 Å². The van der Waals surface area contributed by atoms with Gasteiger partial charge in [-0.05, 0) is 43.0 Å². The summed E-state index contributed by atoms with van der Waals surface area (Å²) in [6, 6.07) is 6.33. The van der Waals surface area contributed by atoms with Crippen molar-refractivity contribution < 1.29 is 18.3 Å². The molecule has 1 fully saturated rings. The van der Waals surface area contributed by atoms with Crippen LogP contribution in [0.1, 0.15) is 19.3 Å². The first-order chi connectivity index (χ1) is 8.86. The van der Waals surface area contributed by atoms with Gasteiger partial charge in [-0.3, -0.25) is 4.79 Å². The van der Waals surface area contributed by atoms with Crippen LogP contribution in [0.5, 0.6) is 0 Å². The Hall–Kier alpha value is -1.56. The van der Waals surface area contributed by atoms with E-state index in [9.17, 15) is 13.2 Å². The molecule has 2 rings (SSSR count). The molecule has 0 aliphatic heterocycles. The smallest absolute Gasteiger partial charge is 0.305 e. The topological polar surface area (TPSA) is 83.5 Å². The van der Waals surface area contributed by atoms with Crippen LogP contribution >= 0.6 is 0 Å². The largest absolute Gasteiger partial charge is 0.481 e. The molecular weight excluding hydrogens is 266 g/mol. The standard InChI is InChI=1S/C13H17NO4S/c1-19(17,18)11-6-4-10(5-7-11)14-12(8-13(15)16)9-2-3-9/h4-7,9,12,14H,2-3,8H2,1H3,(H,15,16). The van der Waals surface area contributed by atoms with Gasteiger partial charge in [0, 0.05) is 18.0 Å². The number of nitrogens with one attached hydrogen (secondary N) is 1. The lowest BCUT2D eigenvalue weighted by atomic mass is 10.1. The Morgan fingerprint density at radius 1 is 1.37 bits per heavy atom. The van der Waals surface area contributed by atoms with Crippen LogP contribution < -0.4 is 5.32 Å². The van der Waals surface area contributed by atoms with Crippen LogP contribution in [0.15, 0.2) is 29.2 Å². The second-order valence-corrected chi connectivity index (χ2v) is 7.00. The first-order valence-electron chi connectivity index (χ1n) is 6.15. The van der Waals surface area contributed by atoms with Crippen LogP contribution in [0.2, 0.25) is 0 Å². The summed E-state index contributed by atoms with van der Waals surface area (Å²) in [5.74, 6) is -0.414. The molecule has 1 unspecified atom stereocenters. The van der Waals surface area contributed by atoms with Crippen molar-refractivity contribution >= 4 is 21.5 Å². The summed E-state index contributed by atoms with van der Waals surface area (Å²) < 4.78 is 22.7. The zero-order valence-electron chi connectivity index (χ0n) is 10.7. The summed E-state index contributed by atoms with van der Waals surface area (Å²) in [5, 5.41) is 12.0. The third-order valence-electron chi connectivity index (χ3n) is 3.22. The molecule has 6 heteroatoms. The minimum Gasteiger partial charge on any atom is -0.481 e. The summed E-state index contributed by atoms with van der Waals surface area (Å²) in [5.41, 5.74) is 0.755. The molecule has 104 valence electrons. The Kier molecular flexibility index (Phi) is 3.80. The number of carboxylic acid groups (broad SMARTS) is 1. The Morgan fingerprint density at radius 2 is 1.95 bits per heavy atom. The highest BCUT2D eigenvalue weighted by atomic mass is 32.2. The van der Waals surface area contributed by atoms with Gasteiger partial charge in [-0.15, -0.1) is 0 Å². The second kappa shape index (κ2) is 5.21. The molecule has 0 amide bonds. The van der Waals surface area contributed by atoms with E-state index in [1.165, 1.54) is 12.1 Å². The van der Waals surface area contributed by atoms with Crippen LogP contribution in [0.4, 0.5) is 5.69 Å². The normalized spacial score (nSPS) is 16.9. The van der Waals surface area contributed by atoms with Crippen molar-refractivity contribution in [2.24, 2.45) is 5.92 Å². The molecule has 1 atom stereocenters. The Labute approximate surface area is 112 Å². The van der Waals surface area contributed by atoms with E-state index in [0.29, 0.717) is 5.92 Å². The van der Waals surface area contributed by atoms with Gasteiger partial charge in [-0.25, -0.2) is 8.42 Å². The number of anilines is 1. The van der Waals surface area contributed by atoms with Gasteiger partial charge in [0.2, 0.25) is 0 Å². The lowest BCUT2D eigenvalue weighted by Gasteiger charge is -2.17. The maximum absolute atomic E-state index is 11.3. The van der Waals surface area contributed by atoms with E-state index in [-0.39, 0.29) is 17.4 Å². The van der Waals surface area contributed by atoms with Crippen LogP contribution in [0.3, 0.4) is 0 Å². The average molecular weight is 283 g/mol. The zero-order valence-corrected chi connectivity index (χ0v) is 11.5. The van der Waals surface area contributed by atoms with Gasteiger partial charge in [0.1, 0.15) is 0 Å². The van der Waals surface area contributed by atoms with Crippen molar-refractivity contribution in [3.8, 4) is 0 Å². The van der Waals surface area contributed by atoms with Gasteiger partial charge >= 0.3 is 5.97 Å². The number of carbonyl (C=O) groups is 1. The fourth-order valence-electron chi connectivity index (χ4n) is 2.03. The number of hydrogen-bond acceptors (Lipinski definition) is 4. The predicted octanol–water partition coefficient (Wildman–Crippen LogP) is 1.76. The number of rotatable bonds is 6. The van der Waals surface area contributed by atoms with E-state index in [1.807, 2.05) is 0 Å². The maximum atomic E-state index is 11.3. The lowest BCUT2D eigenvalue weighted by molar-refractivity contribution is -0.137. The van der Waals surface area contributed by atoms with Gasteiger partial charge in [0.05, 0.1) is 11.3 Å². The van der Waals surface area contributed by atoms with Gasteiger partial charge in [0.15, 0.2) is 9.84 Å².